The normalized spacial score (nSPS) is 14.9. The molecule has 4 heteroatoms. The minimum absolute atomic E-state index is 0.241. The lowest BCUT2D eigenvalue weighted by atomic mass is 10.1. The predicted octanol–water partition coefficient (Wildman–Crippen LogP) is 2.49. The van der Waals surface area contributed by atoms with Crippen LogP contribution in [-0.4, -0.2) is 11.5 Å². The molecule has 1 aromatic carbocycles. The summed E-state index contributed by atoms with van der Waals surface area (Å²) in [6, 6.07) is 7.09. The molecule has 84 valence electrons. The summed E-state index contributed by atoms with van der Waals surface area (Å²) in [5, 5.41) is 0.365. The van der Waals surface area contributed by atoms with Crippen LogP contribution in [0, 0.1) is 0 Å². The highest BCUT2D eigenvalue weighted by molar-refractivity contribution is 7.61. The van der Waals surface area contributed by atoms with Crippen molar-refractivity contribution < 1.29 is 14.0 Å². The molecule has 0 aliphatic rings. The van der Waals surface area contributed by atoms with Crippen molar-refractivity contribution in [2.45, 2.75) is 26.7 Å². The molecule has 1 rings (SSSR count). The van der Waals surface area contributed by atoms with Crippen LogP contribution in [0.15, 0.2) is 24.3 Å². The molecule has 0 saturated heterocycles. The van der Waals surface area contributed by atoms with Crippen LogP contribution in [0.4, 0.5) is 0 Å². The zero-order valence-electron chi connectivity index (χ0n) is 9.14. The van der Waals surface area contributed by atoms with Crippen molar-refractivity contribution in [2.75, 3.05) is 6.61 Å². The molecule has 0 spiro atoms. The van der Waals surface area contributed by atoms with Gasteiger partial charge in [0.05, 0.1) is 11.9 Å². The van der Waals surface area contributed by atoms with Crippen molar-refractivity contribution >= 4 is 12.9 Å². The standard InChI is InChI=1S/C11H17O3P/c1-3-5-10-6-8-11(9-7-10)15(12,13)14-4-2/h6-9H,3-5H2,1-2H3,(H,12,13). The average molecular weight is 228 g/mol. The van der Waals surface area contributed by atoms with Gasteiger partial charge >= 0.3 is 7.60 Å². The van der Waals surface area contributed by atoms with Crippen LogP contribution in [0.1, 0.15) is 25.8 Å². The van der Waals surface area contributed by atoms with Gasteiger partial charge in [0.1, 0.15) is 0 Å². The van der Waals surface area contributed by atoms with Crippen LogP contribution in [0.5, 0.6) is 0 Å². The van der Waals surface area contributed by atoms with Gasteiger partial charge in [-0.15, -0.1) is 0 Å². The molecule has 0 aliphatic heterocycles. The van der Waals surface area contributed by atoms with E-state index in [1.54, 1.807) is 19.1 Å². The van der Waals surface area contributed by atoms with E-state index < -0.39 is 7.60 Å². The molecule has 0 amide bonds. The van der Waals surface area contributed by atoms with E-state index in [1.165, 1.54) is 5.56 Å². The first kappa shape index (κ1) is 12.4. The summed E-state index contributed by atoms with van der Waals surface area (Å²) in [5.74, 6) is 0. The Morgan fingerprint density at radius 2 is 1.87 bits per heavy atom. The summed E-state index contributed by atoms with van der Waals surface area (Å²) >= 11 is 0. The van der Waals surface area contributed by atoms with Gasteiger partial charge < -0.3 is 9.42 Å². The van der Waals surface area contributed by atoms with Crippen LogP contribution in [0.2, 0.25) is 0 Å². The van der Waals surface area contributed by atoms with Crippen LogP contribution in [-0.2, 0) is 15.5 Å². The maximum atomic E-state index is 11.6. The average Bonchev–Trinajstić information content (AvgIpc) is 2.19. The Morgan fingerprint density at radius 1 is 1.27 bits per heavy atom. The third-order valence-corrected chi connectivity index (χ3v) is 3.66. The summed E-state index contributed by atoms with van der Waals surface area (Å²) in [6.07, 6.45) is 2.06. The molecule has 0 saturated carbocycles. The molecule has 1 unspecified atom stereocenters. The minimum Gasteiger partial charge on any atom is -0.321 e. The Morgan fingerprint density at radius 3 is 2.33 bits per heavy atom. The maximum absolute atomic E-state index is 11.6. The second-order valence-corrected chi connectivity index (χ2v) is 5.17. The topological polar surface area (TPSA) is 46.5 Å². The van der Waals surface area contributed by atoms with E-state index in [9.17, 15) is 9.46 Å². The lowest BCUT2D eigenvalue weighted by molar-refractivity contribution is 0.284. The van der Waals surface area contributed by atoms with Gasteiger partial charge in [0.25, 0.3) is 0 Å². The number of rotatable bonds is 5. The van der Waals surface area contributed by atoms with Crippen LogP contribution >= 0.6 is 7.60 Å². The molecule has 15 heavy (non-hydrogen) atoms. The fourth-order valence-corrected chi connectivity index (χ4v) is 2.41. The molecular formula is C11H17O3P. The number of aryl methyl sites for hydroxylation is 1. The van der Waals surface area contributed by atoms with Crippen LogP contribution in [0.25, 0.3) is 0 Å². The second kappa shape index (κ2) is 5.45. The summed E-state index contributed by atoms with van der Waals surface area (Å²) in [4.78, 5) is 9.54. The molecule has 1 N–H and O–H groups in total. The Hall–Kier alpha value is -0.630. The van der Waals surface area contributed by atoms with E-state index in [0.29, 0.717) is 5.30 Å². The summed E-state index contributed by atoms with van der Waals surface area (Å²) in [7, 11) is -3.58. The number of hydrogen-bond donors (Lipinski definition) is 1. The van der Waals surface area contributed by atoms with Crippen molar-refractivity contribution in [1.29, 1.82) is 0 Å². The number of benzene rings is 1. The van der Waals surface area contributed by atoms with E-state index in [2.05, 4.69) is 6.92 Å². The van der Waals surface area contributed by atoms with Crippen LogP contribution < -0.4 is 5.30 Å². The maximum Gasteiger partial charge on any atom is 0.358 e. The molecule has 1 atom stereocenters. The van der Waals surface area contributed by atoms with E-state index in [0.717, 1.165) is 12.8 Å². The largest absolute Gasteiger partial charge is 0.358 e. The smallest absolute Gasteiger partial charge is 0.321 e. The Kier molecular flexibility index (Phi) is 4.52. The van der Waals surface area contributed by atoms with Gasteiger partial charge in [0.2, 0.25) is 0 Å². The quantitative estimate of drug-likeness (QED) is 0.787. The fraction of sp³-hybridized carbons (Fsp3) is 0.455. The van der Waals surface area contributed by atoms with E-state index in [4.69, 9.17) is 4.52 Å². The molecule has 1 aromatic rings. The van der Waals surface area contributed by atoms with Crippen molar-refractivity contribution in [3.63, 3.8) is 0 Å². The van der Waals surface area contributed by atoms with Crippen LogP contribution in [0.3, 0.4) is 0 Å². The van der Waals surface area contributed by atoms with E-state index in [1.807, 2.05) is 12.1 Å². The monoisotopic (exact) mass is 228 g/mol. The molecule has 0 bridgehead atoms. The van der Waals surface area contributed by atoms with Crippen molar-refractivity contribution in [3.05, 3.63) is 29.8 Å². The Bertz CT molecular complexity index is 345. The van der Waals surface area contributed by atoms with Gasteiger partial charge in [-0.2, -0.15) is 0 Å². The lowest BCUT2D eigenvalue weighted by Gasteiger charge is -2.11. The van der Waals surface area contributed by atoms with Crippen molar-refractivity contribution in [3.8, 4) is 0 Å². The van der Waals surface area contributed by atoms with Gasteiger partial charge in [-0.05, 0) is 31.0 Å². The predicted molar refractivity (Wildman–Crippen MR) is 61.5 cm³/mol. The first-order valence-corrected chi connectivity index (χ1v) is 6.74. The lowest BCUT2D eigenvalue weighted by Crippen LogP contribution is -2.07. The van der Waals surface area contributed by atoms with E-state index >= 15 is 0 Å². The van der Waals surface area contributed by atoms with Gasteiger partial charge in [-0.1, -0.05) is 25.5 Å². The zero-order chi connectivity index (χ0) is 11.3. The van der Waals surface area contributed by atoms with Crippen molar-refractivity contribution in [2.24, 2.45) is 0 Å². The second-order valence-electron chi connectivity index (χ2n) is 3.35. The van der Waals surface area contributed by atoms with Gasteiger partial charge in [0, 0.05) is 0 Å². The highest BCUT2D eigenvalue weighted by Crippen LogP contribution is 2.40. The molecule has 0 radical (unpaired) electrons. The third kappa shape index (κ3) is 3.45. The number of hydrogen-bond acceptors (Lipinski definition) is 2. The van der Waals surface area contributed by atoms with Gasteiger partial charge in [0.15, 0.2) is 0 Å². The third-order valence-electron chi connectivity index (χ3n) is 2.11. The highest BCUT2D eigenvalue weighted by atomic mass is 31.2. The fourth-order valence-electron chi connectivity index (χ4n) is 1.39. The minimum atomic E-state index is -3.58. The molecule has 0 aromatic heterocycles. The Labute approximate surface area is 90.6 Å². The zero-order valence-corrected chi connectivity index (χ0v) is 10.0. The summed E-state index contributed by atoms with van der Waals surface area (Å²) in [5.41, 5.74) is 1.18. The van der Waals surface area contributed by atoms with Gasteiger partial charge in [-0.25, -0.2) is 0 Å². The first-order valence-electron chi connectivity index (χ1n) is 5.17. The van der Waals surface area contributed by atoms with Gasteiger partial charge in [-0.3, -0.25) is 4.57 Å². The highest BCUT2D eigenvalue weighted by Gasteiger charge is 2.21. The first-order chi connectivity index (χ1) is 7.10. The summed E-state index contributed by atoms with van der Waals surface area (Å²) in [6.45, 7) is 4.05. The molecule has 3 nitrogen and oxygen atoms in total. The van der Waals surface area contributed by atoms with Crippen molar-refractivity contribution in [1.82, 2.24) is 0 Å². The molecule has 0 aliphatic carbocycles. The molecule has 0 fully saturated rings. The SMILES string of the molecule is CCCc1ccc(P(=O)(O)OCC)cc1. The summed E-state index contributed by atoms with van der Waals surface area (Å²) < 4.78 is 16.4. The molecular weight excluding hydrogens is 211 g/mol. The van der Waals surface area contributed by atoms with E-state index in [-0.39, 0.29) is 6.61 Å². The Balaban J connectivity index is 2.83. The molecule has 0 heterocycles.